The minimum atomic E-state index is 0.143. The fourth-order valence-corrected chi connectivity index (χ4v) is 3.16. The summed E-state index contributed by atoms with van der Waals surface area (Å²) in [5.74, 6) is 0.555. The quantitative estimate of drug-likeness (QED) is 0.763. The SMILES string of the molecule is Cc1ccn(CC(=O)N2C[C@H]3COC[C@@H]2CN(C)C3)n1. The molecule has 2 aliphatic heterocycles. The number of aromatic nitrogens is 2. The first-order chi connectivity index (χ1) is 9.61. The third kappa shape index (κ3) is 2.86. The number of hydrogen-bond donors (Lipinski definition) is 0. The number of fused-ring (bicyclic) bond motifs is 3. The Balaban J connectivity index is 1.73. The highest BCUT2D eigenvalue weighted by Crippen LogP contribution is 2.19. The fraction of sp³-hybridized carbons (Fsp3) is 0.714. The molecule has 0 saturated carbocycles. The van der Waals surface area contributed by atoms with Crippen molar-refractivity contribution in [2.45, 2.75) is 19.5 Å². The maximum Gasteiger partial charge on any atom is 0.244 e. The van der Waals surface area contributed by atoms with Crippen molar-refractivity contribution in [1.82, 2.24) is 19.6 Å². The van der Waals surface area contributed by atoms with Crippen LogP contribution in [0.1, 0.15) is 5.69 Å². The summed E-state index contributed by atoms with van der Waals surface area (Å²) in [5.41, 5.74) is 0.940. The van der Waals surface area contributed by atoms with Gasteiger partial charge >= 0.3 is 0 Å². The van der Waals surface area contributed by atoms with Crippen LogP contribution < -0.4 is 0 Å². The third-order valence-electron chi connectivity index (χ3n) is 4.04. The van der Waals surface area contributed by atoms with Crippen molar-refractivity contribution in [3.63, 3.8) is 0 Å². The topological polar surface area (TPSA) is 50.6 Å². The lowest BCUT2D eigenvalue weighted by Gasteiger charge is -2.29. The van der Waals surface area contributed by atoms with Crippen LogP contribution in [0.25, 0.3) is 0 Å². The smallest absolute Gasteiger partial charge is 0.244 e. The maximum atomic E-state index is 12.6. The van der Waals surface area contributed by atoms with Crippen molar-refractivity contribution >= 4 is 5.91 Å². The van der Waals surface area contributed by atoms with E-state index >= 15 is 0 Å². The summed E-state index contributed by atoms with van der Waals surface area (Å²) in [6.45, 7) is 6.34. The number of ether oxygens (including phenoxy) is 1. The number of nitrogens with zero attached hydrogens (tertiary/aromatic N) is 4. The molecule has 0 aromatic carbocycles. The average molecular weight is 278 g/mol. The van der Waals surface area contributed by atoms with Crippen LogP contribution >= 0.6 is 0 Å². The standard InChI is InChI=1S/C14H22N4O2/c1-11-3-4-17(15-11)8-14(19)18-6-12-5-16(2)7-13(18)10-20-9-12/h3-4,12-13H,5-10H2,1-2H3/t12-,13-/m0/s1. The second kappa shape index (κ2) is 5.54. The van der Waals surface area contributed by atoms with E-state index < -0.39 is 0 Å². The normalized spacial score (nSPS) is 27.4. The fourth-order valence-electron chi connectivity index (χ4n) is 3.16. The maximum absolute atomic E-state index is 12.6. The van der Waals surface area contributed by atoms with Crippen LogP contribution in [0.4, 0.5) is 0 Å². The number of aryl methyl sites for hydroxylation is 1. The van der Waals surface area contributed by atoms with Gasteiger partial charge in [-0.3, -0.25) is 9.48 Å². The minimum absolute atomic E-state index is 0.143. The molecule has 20 heavy (non-hydrogen) atoms. The molecule has 0 spiro atoms. The van der Waals surface area contributed by atoms with Crippen LogP contribution in [-0.2, 0) is 16.1 Å². The predicted octanol–water partition coefficient (Wildman–Crippen LogP) is -0.0195. The zero-order valence-corrected chi connectivity index (χ0v) is 12.2. The minimum Gasteiger partial charge on any atom is -0.379 e. The Kier molecular flexibility index (Phi) is 3.76. The van der Waals surface area contributed by atoms with Gasteiger partial charge in [0.05, 0.1) is 24.9 Å². The van der Waals surface area contributed by atoms with E-state index in [2.05, 4.69) is 17.0 Å². The van der Waals surface area contributed by atoms with Crippen molar-refractivity contribution in [3.8, 4) is 0 Å². The van der Waals surface area contributed by atoms with Crippen molar-refractivity contribution in [3.05, 3.63) is 18.0 Å². The van der Waals surface area contributed by atoms with Gasteiger partial charge in [0.1, 0.15) is 6.54 Å². The zero-order valence-electron chi connectivity index (χ0n) is 12.2. The molecule has 2 fully saturated rings. The van der Waals surface area contributed by atoms with Gasteiger partial charge in [-0.25, -0.2) is 0 Å². The van der Waals surface area contributed by atoms with E-state index in [1.54, 1.807) is 4.68 Å². The molecule has 0 aliphatic carbocycles. The second-order valence-corrected chi connectivity index (χ2v) is 5.98. The molecule has 0 unspecified atom stereocenters. The highest BCUT2D eigenvalue weighted by molar-refractivity contribution is 5.76. The van der Waals surface area contributed by atoms with Crippen LogP contribution in [0.15, 0.2) is 12.3 Å². The number of amides is 1. The van der Waals surface area contributed by atoms with E-state index in [-0.39, 0.29) is 11.9 Å². The Hall–Kier alpha value is -1.40. The molecule has 2 bridgehead atoms. The van der Waals surface area contributed by atoms with Crippen molar-refractivity contribution < 1.29 is 9.53 Å². The molecule has 2 saturated heterocycles. The van der Waals surface area contributed by atoms with Crippen LogP contribution in [0.5, 0.6) is 0 Å². The van der Waals surface area contributed by atoms with Crippen LogP contribution in [0, 0.1) is 12.8 Å². The summed E-state index contributed by atoms with van der Waals surface area (Å²) in [6, 6.07) is 2.09. The average Bonchev–Trinajstić information content (AvgIpc) is 2.59. The zero-order chi connectivity index (χ0) is 14.1. The first-order valence-electron chi connectivity index (χ1n) is 7.17. The summed E-state index contributed by atoms with van der Waals surface area (Å²) in [4.78, 5) is 16.9. The molecular weight excluding hydrogens is 256 g/mol. The van der Waals surface area contributed by atoms with E-state index in [4.69, 9.17) is 4.74 Å². The molecule has 3 heterocycles. The van der Waals surface area contributed by atoms with Gasteiger partial charge in [-0.05, 0) is 20.0 Å². The molecule has 110 valence electrons. The lowest BCUT2D eigenvalue weighted by atomic mass is 10.1. The first-order valence-corrected chi connectivity index (χ1v) is 7.17. The number of carbonyl (C=O) groups is 1. The van der Waals surface area contributed by atoms with Gasteiger partial charge in [0.25, 0.3) is 0 Å². The molecule has 1 aromatic rings. The van der Waals surface area contributed by atoms with Crippen LogP contribution in [0.2, 0.25) is 0 Å². The van der Waals surface area contributed by atoms with Gasteiger partial charge in [0, 0.05) is 31.7 Å². The van der Waals surface area contributed by atoms with E-state index in [0.717, 1.165) is 31.9 Å². The van der Waals surface area contributed by atoms with Crippen molar-refractivity contribution in [1.29, 1.82) is 0 Å². The van der Waals surface area contributed by atoms with Crippen molar-refractivity contribution in [2.75, 3.05) is 39.9 Å². The van der Waals surface area contributed by atoms with Gasteiger partial charge in [-0.1, -0.05) is 0 Å². The number of hydrogen-bond acceptors (Lipinski definition) is 4. The lowest BCUT2D eigenvalue weighted by Crippen LogP contribution is -2.47. The van der Waals surface area contributed by atoms with Gasteiger partial charge in [-0.15, -0.1) is 0 Å². The molecule has 6 heteroatoms. The highest BCUT2D eigenvalue weighted by Gasteiger charge is 2.34. The number of rotatable bonds is 2. The van der Waals surface area contributed by atoms with E-state index in [1.165, 1.54) is 0 Å². The second-order valence-electron chi connectivity index (χ2n) is 5.98. The molecule has 0 radical (unpaired) electrons. The summed E-state index contributed by atoms with van der Waals surface area (Å²) in [5, 5.41) is 4.30. The summed E-state index contributed by atoms with van der Waals surface area (Å²) in [6.07, 6.45) is 1.86. The Labute approximate surface area is 119 Å². The third-order valence-corrected chi connectivity index (χ3v) is 4.04. The van der Waals surface area contributed by atoms with E-state index in [1.807, 2.05) is 24.1 Å². The largest absolute Gasteiger partial charge is 0.379 e. The van der Waals surface area contributed by atoms with E-state index in [0.29, 0.717) is 19.1 Å². The number of likely N-dealkylation sites (N-methyl/N-ethyl adjacent to an activating group) is 1. The Morgan fingerprint density at radius 3 is 3.00 bits per heavy atom. The lowest BCUT2D eigenvalue weighted by molar-refractivity contribution is -0.134. The molecule has 6 nitrogen and oxygen atoms in total. The molecule has 0 N–H and O–H groups in total. The summed E-state index contributed by atoms with van der Waals surface area (Å²) >= 11 is 0. The van der Waals surface area contributed by atoms with Crippen LogP contribution in [0.3, 0.4) is 0 Å². The molecule has 1 aromatic heterocycles. The Morgan fingerprint density at radius 1 is 1.40 bits per heavy atom. The van der Waals surface area contributed by atoms with E-state index in [9.17, 15) is 4.79 Å². The van der Waals surface area contributed by atoms with Crippen molar-refractivity contribution in [2.24, 2.45) is 5.92 Å². The van der Waals surface area contributed by atoms with Gasteiger partial charge in [0.2, 0.25) is 5.91 Å². The van der Waals surface area contributed by atoms with Gasteiger partial charge in [-0.2, -0.15) is 5.10 Å². The van der Waals surface area contributed by atoms with Gasteiger partial charge in [0.15, 0.2) is 0 Å². The summed E-state index contributed by atoms with van der Waals surface area (Å²) in [7, 11) is 2.12. The number of carbonyl (C=O) groups excluding carboxylic acids is 1. The Bertz CT molecular complexity index is 487. The first kappa shape index (κ1) is 13.6. The predicted molar refractivity (Wildman–Crippen MR) is 74.3 cm³/mol. The molecule has 2 atom stereocenters. The Morgan fingerprint density at radius 2 is 2.25 bits per heavy atom. The van der Waals surface area contributed by atoms with Crippen LogP contribution in [-0.4, -0.2) is 71.4 Å². The molecule has 1 amide bonds. The molecule has 3 rings (SSSR count). The van der Waals surface area contributed by atoms with Gasteiger partial charge < -0.3 is 14.5 Å². The monoisotopic (exact) mass is 278 g/mol. The summed E-state index contributed by atoms with van der Waals surface area (Å²) < 4.78 is 7.42. The molecular formula is C14H22N4O2. The molecule has 2 aliphatic rings. The highest BCUT2D eigenvalue weighted by atomic mass is 16.5.